The highest BCUT2D eigenvalue weighted by Gasteiger charge is 2.21. The number of aromatic nitrogens is 1. The molecule has 0 fully saturated rings. The fourth-order valence-electron chi connectivity index (χ4n) is 1.96. The summed E-state index contributed by atoms with van der Waals surface area (Å²) in [5.74, 6) is -0.758. The molecule has 0 unspecified atom stereocenters. The molecule has 1 aromatic heterocycles. The quantitative estimate of drug-likeness (QED) is 0.622. The first-order chi connectivity index (χ1) is 10.9. The number of allylic oxidation sites excluding steroid dienone is 1. The van der Waals surface area contributed by atoms with Gasteiger partial charge in [-0.1, -0.05) is 17.7 Å². The summed E-state index contributed by atoms with van der Waals surface area (Å²) in [7, 11) is 1.69. The number of benzene rings is 1. The predicted octanol–water partition coefficient (Wildman–Crippen LogP) is 3.33. The largest absolute Gasteiger partial charge is 0.452 e. The summed E-state index contributed by atoms with van der Waals surface area (Å²) in [6, 6.07) is 7.68. The van der Waals surface area contributed by atoms with Crippen LogP contribution in [0.4, 0.5) is 0 Å². The van der Waals surface area contributed by atoms with Crippen LogP contribution < -0.4 is 0 Å². The van der Waals surface area contributed by atoms with Gasteiger partial charge < -0.3 is 9.64 Å². The molecule has 0 radical (unpaired) electrons. The highest BCUT2D eigenvalue weighted by Crippen LogP contribution is 2.28. The van der Waals surface area contributed by atoms with Crippen LogP contribution in [0.5, 0.6) is 0 Å². The van der Waals surface area contributed by atoms with E-state index in [9.17, 15) is 9.59 Å². The number of hydrogen-bond donors (Lipinski definition) is 0. The molecule has 2 rings (SSSR count). The van der Waals surface area contributed by atoms with Gasteiger partial charge in [0.05, 0.1) is 16.3 Å². The van der Waals surface area contributed by atoms with E-state index in [-0.39, 0.29) is 18.6 Å². The zero-order valence-corrected chi connectivity index (χ0v) is 14.5. The van der Waals surface area contributed by atoms with Crippen LogP contribution >= 0.6 is 11.3 Å². The van der Waals surface area contributed by atoms with E-state index in [1.54, 1.807) is 37.1 Å². The molecule has 1 aromatic carbocycles. The number of carbonyl (C=O) groups excluding carboxylic acids is 2. The smallest absolute Gasteiger partial charge is 0.331 e. The van der Waals surface area contributed by atoms with Crippen LogP contribution in [0.25, 0.3) is 10.2 Å². The number of fused-ring (bicyclic) bond motifs is 1. The number of thiazole rings is 1. The van der Waals surface area contributed by atoms with E-state index >= 15 is 0 Å². The Hall–Kier alpha value is -2.21. The Bertz CT molecular complexity index is 714. The van der Waals surface area contributed by atoms with Crippen molar-refractivity contribution in [1.82, 2.24) is 9.88 Å². The van der Waals surface area contributed by atoms with Gasteiger partial charge in [-0.3, -0.25) is 4.79 Å². The SMILES string of the molecule is CC(C)=CC(=O)OCC(=O)N(C)[C@H](C)c1nc2ccccc2s1. The van der Waals surface area contributed by atoms with Crippen molar-refractivity contribution in [2.75, 3.05) is 13.7 Å². The highest BCUT2D eigenvalue weighted by molar-refractivity contribution is 7.18. The van der Waals surface area contributed by atoms with Crippen LogP contribution in [-0.4, -0.2) is 35.4 Å². The summed E-state index contributed by atoms with van der Waals surface area (Å²) < 4.78 is 6.05. The molecule has 6 heteroatoms. The molecule has 1 heterocycles. The van der Waals surface area contributed by atoms with E-state index in [2.05, 4.69) is 4.98 Å². The van der Waals surface area contributed by atoms with Crippen LogP contribution in [0.1, 0.15) is 31.8 Å². The van der Waals surface area contributed by atoms with E-state index in [4.69, 9.17) is 4.74 Å². The maximum atomic E-state index is 12.2. The Morgan fingerprint density at radius 1 is 1.35 bits per heavy atom. The van der Waals surface area contributed by atoms with Crippen molar-refractivity contribution in [3.8, 4) is 0 Å². The number of amides is 1. The fraction of sp³-hybridized carbons (Fsp3) is 0.353. The lowest BCUT2D eigenvalue weighted by molar-refractivity contribution is -0.148. The number of hydrogen-bond acceptors (Lipinski definition) is 5. The molecular weight excluding hydrogens is 312 g/mol. The number of carbonyl (C=O) groups is 2. The third-order valence-electron chi connectivity index (χ3n) is 3.39. The lowest BCUT2D eigenvalue weighted by Gasteiger charge is -2.22. The van der Waals surface area contributed by atoms with E-state index < -0.39 is 5.97 Å². The Morgan fingerprint density at radius 3 is 2.70 bits per heavy atom. The standard InChI is InChI=1S/C17H20N2O3S/c1-11(2)9-16(21)22-10-15(20)19(4)12(3)17-18-13-7-5-6-8-14(13)23-17/h5-9,12H,10H2,1-4H3/t12-/m1/s1. The first-order valence-electron chi connectivity index (χ1n) is 7.31. The van der Waals surface area contributed by atoms with Crippen LogP contribution in [-0.2, 0) is 14.3 Å². The molecule has 0 N–H and O–H groups in total. The molecule has 23 heavy (non-hydrogen) atoms. The van der Waals surface area contributed by atoms with E-state index in [0.717, 1.165) is 20.8 Å². The number of nitrogens with zero attached hydrogens (tertiary/aromatic N) is 2. The van der Waals surface area contributed by atoms with Crippen LogP contribution in [0.2, 0.25) is 0 Å². The summed E-state index contributed by atoms with van der Waals surface area (Å²) >= 11 is 1.56. The van der Waals surface area contributed by atoms with Gasteiger partial charge >= 0.3 is 5.97 Å². The van der Waals surface area contributed by atoms with Gasteiger partial charge in [-0.15, -0.1) is 11.3 Å². The first-order valence-corrected chi connectivity index (χ1v) is 8.13. The number of esters is 1. The maximum absolute atomic E-state index is 12.2. The van der Waals surface area contributed by atoms with Crippen molar-refractivity contribution in [2.24, 2.45) is 0 Å². The zero-order valence-electron chi connectivity index (χ0n) is 13.7. The molecular formula is C17H20N2O3S. The molecule has 0 saturated heterocycles. The second kappa shape index (κ2) is 7.37. The number of ether oxygens (including phenoxy) is 1. The van der Waals surface area contributed by atoms with Crippen molar-refractivity contribution in [3.05, 3.63) is 40.9 Å². The zero-order chi connectivity index (χ0) is 17.0. The Morgan fingerprint density at radius 2 is 2.04 bits per heavy atom. The summed E-state index contributed by atoms with van der Waals surface area (Å²) in [4.78, 5) is 29.7. The molecule has 0 bridgehead atoms. The van der Waals surface area contributed by atoms with Gasteiger partial charge in [0.1, 0.15) is 5.01 Å². The second-order valence-corrected chi connectivity index (χ2v) is 6.59. The normalized spacial score (nSPS) is 11.8. The molecule has 0 aliphatic rings. The average molecular weight is 332 g/mol. The third kappa shape index (κ3) is 4.39. The van der Waals surface area contributed by atoms with Gasteiger partial charge in [-0.2, -0.15) is 0 Å². The highest BCUT2D eigenvalue weighted by atomic mass is 32.1. The lowest BCUT2D eigenvalue weighted by Crippen LogP contribution is -2.33. The molecule has 122 valence electrons. The minimum atomic E-state index is -0.501. The molecule has 1 amide bonds. The average Bonchev–Trinajstić information content (AvgIpc) is 2.94. The molecule has 5 nitrogen and oxygen atoms in total. The second-order valence-electron chi connectivity index (χ2n) is 5.53. The minimum absolute atomic E-state index is 0.179. The Labute approximate surface area is 139 Å². The fourth-order valence-corrected chi connectivity index (χ4v) is 3.03. The molecule has 0 spiro atoms. The van der Waals surface area contributed by atoms with Crippen molar-refractivity contribution in [3.63, 3.8) is 0 Å². The van der Waals surface area contributed by atoms with Crippen molar-refractivity contribution in [1.29, 1.82) is 0 Å². The van der Waals surface area contributed by atoms with Crippen molar-refractivity contribution < 1.29 is 14.3 Å². The maximum Gasteiger partial charge on any atom is 0.331 e. The van der Waals surface area contributed by atoms with Gasteiger partial charge in [-0.05, 0) is 32.9 Å². The number of rotatable bonds is 5. The molecule has 0 aliphatic carbocycles. The van der Waals surface area contributed by atoms with E-state index in [1.807, 2.05) is 31.2 Å². The Kier molecular flexibility index (Phi) is 5.50. The van der Waals surface area contributed by atoms with Gasteiger partial charge in [0.25, 0.3) is 5.91 Å². The predicted molar refractivity (Wildman–Crippen MR) is 91.2 cm³/mol. The summed E-state index contributed by atoms with van der Waals surface area (Å²) in [6.45, 7) is 5.23. The monoisotopic (exact) mass is 332 g/mol. The molecule has 0 aliphatic heterocycles. The van der Waals surface area contributed by atoms with Gasteiger partial charge in [0.2, 0.25) is 0 Å². The molecule has 0 saturated carbocycles. The van der Waals surface area contributed by atoms with Crippen molar-refractivity contribution >= 4 is 33.4 Å². The van der Waals surface area contributed by atoms with Crippen LogP contribution in [0, 0.1) is 0 Å². The van der Waals surface area contributed by atoms with Crippen LogP contribution in [0.15, 0.2) is 35.9 Å². The molecule has 2 aromatic rings. The van der Waals surface area contributed by atoms with Gasteiger partial charge in [0, 0.05) is 13.1 Å². The summed E-state index contributed by atoms with van der Waals surface area (Å²) in [5, 5.41) is 0.859. The van der Waals surface area contributed by atoms with Gasteiger partial charge in [-0.25, -0.2) is 9.78 Å². The lowest BCUT2D eigenvalue weighted by atomic mass is 10.3. The van der Waals surface area contributed by atoms with E-state index in [0.29, 0.717) is 0 Å². The number of likely N-dealkylation sites (N-methyl/N-ethyl adjacent to an activating group) is 1. The number of para-hydroxylation sites is 1. The topological polar surface area (TPSA) is 59.5 Å². The van der Waals surface area contributed by atoms with Crippen molar-refractivity contribution in [2.45, 2.75) is 26.8 Å². The third-order valence-corrected chi connectivity index (χ3v) is 4.59. The van der Waals surface area contributed by atoms with E-state index in [1.165, 1.54) is 6.08 Å². The summed E-state index contributed by atoms with van der Waals surface area (Å²) in [5.41, 5.74) is 1.76. The van der Waals surface area contributed by atoms with Gasteiger partial charge in [0.15, 0.2) is 6.61 Å². The first kappa shape index (κ1) is 17.1. The Balaban J connectivity index is 2.01. The minimum Gasteiger partial charge on any atom is -0.452 e. The molecule has 1 atom stereocenters. The van der Waals surface area contributed by atoms with Crippen LogP contribution in [0.3, 0.4) is 0 Å². The summed E-state index contributed by atoms with van der Waals surface area (Å²) in [6.07, 6.45) is 1.37.